The van der Waals surface area contributed by atoms with E-state index in [2.05, 4.69) is 0 Å². The summed E-state index contributed by atoms with van der Waals surface area (Å²) in [7, 11) is 4.46. The second kappa shape index (κ2) is 6.65. The highest BCUT2D eigenvalue weighted by atomic mass is 16.5. The first kappa shape index (κ1) is 14.7. The van der Waals surface area contributed by atoms with Gasteiger partial charge >= 0.3 is 5.97 Å². The van der Waals surface area contributed by atoms with E-state index >= 15 is 0 Å². The van der Waals surface area contributed by atoms with Gasteiger partial charge in [-0.1, -0.05) is 18.2 Å². The van der Waals surface area contributed by atoms with Crippen LogP contribution in [0.5, 0.6) is 23.0 Å². The molecule has 5 heteroatoms. The van der Waals surface area contributed by atoms with Crippen molar-refractivity contribution in [2.24, 2.45) is 0 Å². The van der Waals surface area contributed by atoms with E-state index in [1.165, 1.54) is 21.3 Å². The van der Waals surface area contributed by atoms with Crippen molar-refractivity contribution in [3.8, 4) is 23.0 Å². The zero-order chi connectivity index (χ0) is 15.2. The predicted molar refractivity (Wildman–Crippen MR) is 77.5 cm³/mol. The van der Waals surface area contributed by atoms with Gasteiger partial charge in [-0.2, -0.15) is 0 Å². The lowest BCUT2D eigenvalue weighted by molar-refractivity contribution is 0.0727. The minimum absolute atomic E-state index is 0.213. The maximum Gasteiger partial charge on any atom is 0.351 e. The highest BCUT2D eigenvalue weighted by molar-refractivity contribution is 5.97. The largest absolute Gasteiger partial charge is 0.496 e. The average Bonchev–Trinajstić information content (AvgIpc) is 2.54. The van der Waals surface area contributed by atoms with Crippen molar-refractivity contribution in [2.75, 3.05) is 21.3 Å². The smallest absolute Gasteiger partial charge is 0.351 e. The molecule has 0 amide bonds. The van der Waals surface area contributed by atoms with Crippen LogP contribution in [0.3, 0.4) is 0 Å². The Kier molecular flexibility index (Phi) is 4.66. The van der Waals surface area contributed by atoms with E-state index < -0.39 is 5.97 Å². The Morgan fingerprint density at radius 1 is 0.810 bits per heavy atom. The van der Waals surface area contributed by atoms with E-state index in [9.17, 15) is 4.79 Å². The monoisotopic (exact) mass is 288 g/mol. The van der Waals surface area contributed by atoms with Gasteiger partial charge in [-0.05, 0) is 12.1 Å². The van der Waals surface area contributed by atoms with E-state index in [4.69, 9.17) is 18.9 Å². The lowest BCUT2D eigenvalue weighted by atomic mass is 10.1. The number of hydrogen-bond donors (Lipinski definition) is 0. The zero-order valence-electron chi connectivity index (χ0n) is 12.1. The molecule has 0 aromatic heterocycles. The molecule has 0 saturated carbocycles. The standard InChI is InChI=1S/C16H16O5/c1-18-12-9-13(19-2)15(14(10-12)20-3)16(17)21-11-7-5-4-6-8-11/h4-10H,1-3H3. The van der Waals surface area contributed by atoms with E-state index in [0.717, 1.165) is 0 Å². The van der Waals surface area contributed by atoms with Crippen LogP contribution < -0.4 is 18.9 Å². The molecular weight excluding hydrogens is 272 g/mol. The molecular formula is C16H16O5. The van der Waals surface area contributed by atoms with Gasteiger partial charge in [-0.3, -0.25) is 0 Å². The molecule has 0 spiro atoms. The molecule has 0 fully saturated rings. The van der Waals surface area contributed by atoms with Crippen LogP contribution in [0.2, 0.25) is 0 Å². The Morgan fingerprint density at radius 2 is 1.38 bits per heavy atom. The maximum absolute atomic E-state index is 12.4. The highest BCUT2D eigenvalue weighted by Gasteiger charge is 2.22. The first-order valence-electron chi connectivity index (χ1n) is 6.26. The van der Waals surface area contributed by atoms with Crippen LogP contribution >= 0.6 is 0 Å². The van der Waals surface area contributed by atoms with Crippen molar-refractivity contribution in [1.82, 2.24) is 0 Å². The highest BCUT2D eigenvalue weighted by Crippen LogP contribution is 2.34. The van der Waals surface area contributed by atoms with E-state index in [1.54, 1.807) is 36.4 Å². The minimum atomic E-state index is -0.558. The van der Waals surface area contributed by atoms with Crippen molar-refractivity contribution >= 4 is 5.97 Å². The molecule has 0 atom stereocenters. The van der Waals surface area contributed by atoms with Crippen LogP contribution in [0.4, 0.5) is 0 Å². The lowest BCUT2D eigenvalue weighted by Gasteiger charge is -2.14. The fourth-order valence-electron chi connectivity index (χ4n) is 1.85. The fourth-order valence-corrected chi connectivity index (χ4v) is 1.85. The number of ether oxygens (including phenoxy) is 4. The Hall–Kier alpha value is -2.69. The molecule has 5 nitrogen and oxygen atoms in total. The van der Waals surface area contributed by atoms with Crippen molar-refractivity contribution in [2.45, 2.75) is 0 Å². The molecule has 0 heterocycles. The third-order valence-corrected chi connectivity index (χ3v) is 2.87. The second-order valence-corrected chi connectivity index (χ2v) is 4.11. The molecule has 0 aliphatic heterocycles. The number of rotatable bonds is 5. The van der Waals surface area contributed by atoms with E-state index in [1.807, 2.05) is 6.07 Å². The Morgan fingerprint density at radius 3 is 1.86 bits per heavy atom. The Bertz CT molecular complexity index is 597. The quantitative estimate of drug-likeness (QED) is 0.625. The van der Waals surface area contributed by atoms with Gasteiger partial charge < -0.3 is 18.9 Å². The SMILES string of the molecule is COc1cc(OC)c(C(=O)Oc2ccccc2)c(OC)c1. The van der Waals surface area contributed by atoms with Crippen molar-refractivity contribution in [3.63, 3.8) is 0 Å². The molecule has 0 aliphatic rings. The summed E-state index contributed by atoms with van der Waals surface area (Å²) in [6.07, 6.45) is 0. The molecule has 0 unspecified atom stereocenters. The van der Waals surface area contributed by atoms with Gasteiger partial charge in [0.05, 0.1) is 21.3 Å². The number of benzene rings is 2. The van der Waals surface area contributed by atoms with E-state index in [0.29, 0.717) is 23.0 Å². The molecule has 110 valence electrons. The molecule has 0 saturated heterocycles. The van der Waals surface area contributed by atoms with Crippen LogP contribution in [0.15, 0.2) is 42.5 Å². The molecule has 2 rings (SSSR count). The van der Waals surface area contributed by atoms with Gasteiger partial charge in [0.2, 0.25) is 0 Å². The van der Waals surface area contributed by atoms with Crippen molar-refractivity contribution in [3.05, 3.63) is 48.0 Å². The summed E-state index contributed by atoms with van der Waals surface area (Å²) in [5.74, 6) is 1.07. The van der Waals surface area contributed by atoms with Crippen LogP contribution in [0, 0.1) is 0 Å². The number of esters is 1. The number of methoxy groups -OCH3 is 3. The molecule has 2 aromatic carbocycles. The Balaban J connectivity index is 2.39. The van der Waals surface area contributed by atoms with E-state index in [-0.39, 0.29) is 5.56 Å². The van der Waals surface area contributed by atoms with Crippen molar-refractivity contribution < 1.29 is 23.7 Å². The summed E-state index contributed by atoms with van der Waals surface area (Å²) in [5.41, 5.74) is 0.213. The zero-order valence-corrected chi connectivity index (χ0v) is 12.1. The van der Waals surface area contributed by atoms with Crippen LogP contribution in [-0.4, -0.2) is 27.3 Å². The average molecular weight is 288 g/mol. The van der Waals surface area contributed by atoms with Crippen LogP contribution in [0.25, 0.3) is 0 Å². The normalized spacial score (nSPS) is 9.86. The number of hydrogen-bond acceptors (Lipinski definition) is 5. The third kappa shape index (κ3) is 3.25. The van der Waals surface area contributed by atoms with Crippen molar-refractivity contribution in [1.29, 1.82) is 0 Å². The number of carbonyl (C=O) groups is 1. The predicted octanol–water partition coefficient (Wildman–Crippen LogP) is 2.93. The topological polar surface area (TPSA) is 54.0 Å². The number of carbonyl (C=O) groups excluding carboxylic acids is 1. The van der Waals surface area contributed by atoms with Gasteiger partial charge in [0.1, 0.15) is 28.6 Å². The number of para-hydroxylation sites is 1. The second-order valence-electron chi connectivity index (χ2n) is 4.11. The summed E-state index contributed by atoms with van der Waals surface area (Å²) >= 11 is 0. The van der Waals surface area contributed by atoms with Crippen LogP contribution in [0.1, 0.15) is 10.4 Å². The first-order valence-corrected chi connectivity index (χ1v) is 6.26. The minimum Gasteiger partial charge on any atom is -0.496 e. The summed E-state index contributed by atoms with van der Waals surface area (Å²) < 4.78 is 20.9. The lowest BCUT2D eigenvalue weighted by Crippen LogP contribution is -2.12. The van der Waals surface area contributed by atoms with Gasteiger partial charge in [-0.25, -0.2) is 4.79 Å². The molecule has 0 radical (unpaired) electrons. The maximum atomic E-state index is 12.4. The summed E-state index contributed by atoms with van der Waals surface area (Å²) in [5, 5.41) is 0. The van der Waals surface area contributed by atoms with Gasteiger partial charge in [-0.15, -0.1) is 0 Å². The molecule has 2 aromatic rings. The summed E-state index contributed by atoms with van der Waals surface area (Å²) in [4.78, 5) is 12.4. The summed E-state index contributed by atoms with van der Waals surface area (Å²) in [6, 6.07) is 12.0. The third-order valence-electron chi connectivity index (χ3n) is 2.87. The molecule has 0 aliphatic carbocycles. The molecule has 0 N–H and O–H groups in total. The fraction of sp³-hybridized carbons (Fsp3) is 0.188. The molecule has 21 heavy (non-hydrogen) atoms. The van der Waals surface area contributed by atoms with Crippen LogP contribution in [-0.2, 0) is 0 Å². The molecule has 0 bridgehead atoms. The van der Waals surface area contributed by atoms with Gasteiger partial charge in [0, 0.05) is 12.1 Å². The van der Waals surface area contributed by atoms with Gasteiger partial charge in [0.25, 0.3) is 0 Å². The summed E-state index contributed by atoms with van der Waals surface area (Å²) in [6.45, 7) is 0. The van der Waals surface area contributed by atoms with Gasteiger partial charge in [0.15, 0.2) is 0 Å². The first-order chi connectivity index (χ1) is 10.2. The Labute approximate surface area is 123 Å².